The van der Waals surface area contributed by atoms with Crippen molar-refractivity contribution in [3.8, 4) is 17.0 Å². The maximum absolute atomic E-state index is 5.82. The lowest BCUT2D eigenvalue weighted by molar-refractivity contribution is 0.241. The lowest BCUT2D eigenvalue weighted by Crippen LogP contribution is -2.16. The molecule has 1 aromatic carbocycles. The summed E-state index contributed by atoms with van der Waals surface area (Å²) in [6.07, 6.45) is 19.4. The molecule has 2 nitrogen and oxygen atoms in total. The van der Waals surface area contributed by atoms with Crippen molar-refractivity contribution < 1.29 is 4.74 Å². The lowest BCUT2D eigenvalue weighted by atomic mass is 9.77. The lowest BCUT2D eigenvalue weighted by Gasteiger charge is -2.29. The molecular formula is C29H43NO. The normalized spacial score (nSPS) is 18.8. The molecule has 0 amide bonds. The molecule has 0 N–H and O–H groups in total. The van der Waals surface area contributed by atoms with Gasteiger partial charge in [0.2, 0.25) is 0 Å². The molecule has 170 valence electrons. The molecule has 2 unspecified atom stereocenters. The summed E-state index contributed by atoms with van der Waals surface area (Å²) in [6.45, 7) is 5.34. The van der Waals surface area contributed by atoms with Crippen LogP contribution in [0.1, 0.15) is 96.5 Å². The van der Waals surface area contributed by atoms with Crippen LogP contribution in [0.3, 0.4) is 0 Å². The molecule has 1 aliphatic carbocycles. The van der Waals surface area contributed by atoms with Crippen molar-refractivity contribution in [3.63, 3.8) is 0 Å². The van der Waals surface area contributed by atoms with Gasteiger partial charge in [0.05, 0.1) is 18.5 Å². The van der Waals surface area contributed by atoms with Gasteiger partial charge in [-0.05, 0) is 55.2 Å². The van der Waals surface area contributed by atoms with Crippen molar-refractivity contribution >= 4 is 0 Å². The SMILES string of the molecule is CCCCCCOc1ccc(-c2ccc(CCC3CCCC(CCCC)C3)cc2)nc1. The minimum absolute atomic E-state index is 0.788. The van der Waals surface area contributed by atoms with E-state index in [1.807, 2.05) is 12.3 Å². The van der Waals surface area contributed by atoms with E-state index in [-0.39, 0.29) is 0 Å². The van der Waals surface area contributed by atoms with Gasteiger partial charge in [-0.15, -0.1) is 0 Å². The number of pyridine rings is 1. The Labute approximate surface area is 190 Å². The first-order valence-electron chi connectivity index (χ1n) is 13.0. The highest BCUT2D eigenvalue weighted by atomic mass is 16.5. The molecule has 0 aliphatic heterocycles. The molecule has 1 fully saturated rings. The van der Waals surface area contributed by atoms with E-state index in [0.717, 1.165) is 36.3 Å². The molecule has 2 aromatic rings. The fourth-order valence-corrected chi connectivity index (χ4v) is 4.99. The fourth-order valence-electron chi connectivity index (χ4n) is 4.99. The molecule has 3 rings (SSSR count). The maximum atomic E-state index is 5.82. The summed E-state index contributed by atoms with van der Waals surface area (Å²) in [4.78, 5) is 4.62. The number of unbranched alkanes of at least 4 members (excludes halogenated alkanes) is 4. The third-order valence-electron chi connectivity index (χ3n) is 6.95. The average Bonchev–Trinajstić information content (AvgIpc) is 2.82. The first kappa shape index (κ1) is 23.8. The third-order valence-corrected chi connectivity index (χ3v) is 6.95. The number of hydrogen-bond acceptors (Lipinski definition) is 2. The zero-order valence-corrected chi connectivity index (χ0v) is 20.0. The summed E-state index contributed by atoms with van der Waals surface area (Å²) in [5.41, 5.74) is 3.68. The number of ether oxygens (including phenoxy) is 1. The second-order valence-corrected chi connectivity index (χ2v) is 9.56. The summed E-state index contributed by atoms with van der Waals surface area (Å²) in [5.74, 6) is 2.81. The number of rotatable bonds is 13. The van der Waals surface area contributed by atoms with Crippen LogP contribution < -0.4 is 4.74 Å². The molecule has 0 radical (unpaired) electrons. The zero-order valence-electron chi connectivity index (χ0n) is 20.0. The predicted octanol–water partition coefficient (Wildman–Crippen LogP) is 8.64. The Bertz CT molecular complexity index is 721. The van der Waals surface area contributed by atoms with Crippen molar-refractivity contribution in [1.29, 1.82) is 0 Å². The quantitative estimate of drug-likeness (QED) is 0.302. The van der Waals surface area contributed by atoms with Crippen LogP contribution in [0.5, 0.6) is 5.75 Å². The van der Waals surface area contributed by atoms with E-state index in [9.17, 15) is 0 Å². The van der Waals surface area contributed by atoms with Gasteiger partial charge in [-0.3, -0.25) is 4.98 Å². The average molecular weight is 422 g/mol. The molecule has 0 bridgehead atoms. The molecule has 0 spiro atoms. The second kappa shape index (κ2) is 13.6. The van der Waals surface area contributed by atoms with Crippen LogP contribution in [0.25, 0.3) is 11.3 Å². The summed E-state index contributed by atoms with van der Waals surface area (Å²) >= 11 is 0. The number of benzene rings is 1. The van der Waals surface area contributed by atoms with Gasteiger partial charge in [0, 0.05) is 5.56 Å². The van der Waals surface area contributed by atoms with Crippen LogP contribution in [0.2, 0.25) is 0 Å². The van der Waals surface area contributed by atoms with Gasteiger partial charge >= 0.3 is 0 Å². The summed E-state index contributed by atoms with van der Waals surface area (Å²) in [7, 11) is 0. The smallest absolute Gasteiger partial charge is 0.137 e. The fraction of sp³-hybridized carbons (Fsp3) is 0.621. The van der Waals surface area contributed by atoms with Crippen LogP contribution in [0, 0.1) is 11.8 Å². The Hall–Kier alpha value is -1.83. The van der Waals surface area contributed by atoms with E-state index in [4.69, 9.17) is 4.74 Å². The van der Waals surface area contributed by atoms with Crippen molar-refractivity contribution in [3.05, 3.63) is 48.2 Å². The highest BCUT2D eigenvalue weighted by Crippen LogP contribution is 2.34. The van der Waals surface area contributed by atoms with Crippen molar-refractivity contribution in [2.45, 2.75) is 97.3 Å². The first-order chi connectivity index (χ1) is 15.3. The van der Waals surface area contributed by atoms with Crippen LogP contribution in [0.15, 0.2) is 42.6 Å². The van der Waals surface area contributed by atoms with Gasteiger partial charge in [0.25, 0.3) is 0 Å². The highest BCUT2D eigenvalue weighted by Gasteiger charge is 2.21. The maximum Gasteiger partial charge on any atom is 0.137 e. The van der Waals surface area contributed by atoms with E-state index < -0.39 is 0 Å². The highest BCUT2D eigenvalue weighted by molar-refractivity contribution is 5.59. The molecule has 2 atom stereocenters. The second-order valence-electron chi connectivity index (χ2n) is 9.56. The van der Waals surface area contributed by atoms with Crippen LogP contribution >= 0.6 is 0 Å². The zero-order chi connectivity index (χ0) is 21.7. The molecule has 0 saturated heterocycles. The molecule has 1 aliphatic rings. The molecule has 1 aromatic heterocycles. The molecule has 1 saturated carbocycles. The Morgan fingerprint density at radius 2 is 1.61 bits per heavy atom. The van der Waals surface area contributed by atoms with E-state index in [2.05, 4.69) is 49.2 Å². The van der Waals surface area contributed by atoms with Gasteiger partial charge in [-0.25, -0.2) is 0 Å². The topological polar surface area (TPSA) is 22.1 Å². The van der Waals surface area contributed by atoms with E-state index in [1.165, 1.54) is 88.2 Å². The van der Waals surface area contributed by atoms with E-state index in [1.54, 1.807) is 0 Å². The summed E-state index contributed by atoms with van der Waals surface area (Å²) in [5, 5.41) is 0. The minimum atomic E-state index is 0.788. The number of aromatic nitrogens is 1. The van der Waals surface area contributed by atoms with Gasteiger partial charge in [0.15, 0.2) is 0 Å². The first-order valence-corrected chi connectivity index (χ1v) is 13.0. The van der Waals surface area contributed by atoms with E-state index >= 15 is 0 Å². The molecule has 31 heavy (non-hydrogen) atoms. The summed E-state index contributed by atoms with van der Waals surface area (Å²) in [6, 6.07) is 13.2. The van der Waals surface area contributed by atoms with Crippen LogP contribution in [0.4, 0.5) is 0 Å². The van der Waals surface area contributed by atoms with Crippen LogP contribution in [-0.2, 0) is 6.42 Å². The van der Waals surface area contributed by atoms with Crippen molar-refractivity contribution in [2.75, 3.05) is 6.61 Å². The molecule has 1 heterocycles. The van der Waals surface area contributed by atoms with Gasteiger partial charge in [0.1, 0.15) is 5.75 Å². The Balaban J connectivity index is 1.43. The largest absolute Gasteiger partial charge is 0.492 e. The van der Waals surface area contributed by atoms with Crippen LogP contribution in [-0.4, -0.2) is 11.6 Å². The monoisotopic (exact) mass is 421 g/mol. The van der Waals surface area contributed by atoms with Gasteiger partial charge < -0.3 is 4.74 Å². The molecule has 2 heteroatoms. The minimum Gasteiger partial charge on any atom is -0.492 e. The third kappa shape index (κ3) is 8.31. The number of aryl methyl sites for hydroxylation is 1. The molecular weight excluding hydrogens is 378 g/mol. The Kier molecular flexibility index (Phi) is 10.4. The number of hydrogen-bond donors (Lipinski definition) is 0. The number of nitrogens with zero attached hydrogens (tertiary/aromatic N) is 1. The van der Waals surface area contributed by atoms with Crippen molar-refractivity contribution in [2.24, 2.45) is 11.8 Å². The van der Waals surface area contributed by atoms with Crippen molar-refractivity contribution in [1.82, 2.24) is 4.98 Å². The Morgan fingerprint density at radius 3 is 2.32 bits per heavy atom. The predicted molar refractivity (Wildman–Crippen MR) is 133 cm³/mol. The standard InChI is InChI=1S/C29H43NO/c1-3-5-7-8-21-31-28-19-20-29(30-23-28)27-17-15-24(16-18-27)13-14-26-12-9-11-25(22-26)10-6-4-2/h15-20,23,25-26H,3-14,21-22H2,1-2H3. The van der Waals surface area contributed by atoms with Gasteiger partial charge in [-0.1, -0.05) is 95.9 Å². The Morgan fingerprint density at radius 1 is 0.839 bits per heavy atom. The van der Waals surface area contributed by atoms with E-state index in [0.29, 0.717) is 0 Å². The summed E-state index contributed by atoms with van der Waals surface area (Å²) < 4.78 is 5.82. The van der Waals surface area contributed by atoms with Gasteiger partial charge in [-0.2, -0.15) is 0 Å².